The first kappa shape index (κ1) is 23.6. The van der Waals surface area contributed by atoms with Crippen LogP contribution in [0.3, 0.4) is 0 Å². The number of hydrogen-bond acceptors (Lipinski definition) is 4. The molecule has 0 radical (unpaired) electrons. The topological polar surface area (TPSA) is 76.4 Å². The van der Waals surface area contributed by atoms with E-state index in [9.17, 15) is 14.0 Å². The molecule has 1 atom stereocenters. The molecule has 36 heavy (non-hydrogen) atoms. The number of benzene rings is 3. The van der Waals surface area contributed by atoms with E-state index in [4.69, 9.17) is 5.26 Å². The lowest BCUT2D eigenvalue weighted by Gasteiger charge is -2.33. The molecule has 0 aromatic heterocycles. The van der Waals surface area contributed by atoms with Crippen LogP contribution in [0.1, 0.15) is 49.3 Å². The van der Waals surface area contributed by atoms with E-state index < -0.39 is 11.9 Å². The number of nitrogens with one attached hydrogen (secondary N) is 1. The van der Waals surface area contributed by atoms with Gasteiger partial charge >= 0.3 is 0 Å². The maximum Gasteiger partial charge on any atom is 0.255 e. The summed E-state index contributed by atoms with van der Waals surface area (Å²) in [6.07, 6.45) is 5.17. The first-order valence-electron chi connectivity index (χ1n) is 12.3. The Hall–Kier alpha value is -4.18. The second-order valence-electron chi connectivity index (χ2n) is 9.25. The standard InChI is InChI=1S/C29H27FN4O2/c30-21-7-6-10-24(17-21)34(27(35)19-32-22-15-13-20(18-31)14-16-22)28-25-11-4-5-12-26(25)33(29(28)36)23-8-2-1-3-9-23/h4-7,10-17,23,28,32H,1-3,8-9,19H2. The average molecular weight is 483 g/mol. The molecule has 182 valence electrons. The van der Waals surface area contributed by atoms with Crippen LogP contribution >= 0.6 is 0 Å². The maximum atomic E-state index is 14.3. The molecule has 1 aliphatic carbocycles. The van der Waals surface area contributed by atoms with Crippen LogP contribution in [0.2, 0.25) is 0 Å². The molecule has 5 rings (SSSR count). The summed E-state index contributed by atoms with van der Waals surface area (Å²) in [7, 11) is 0. The van der Waals surface area contributed by atoms with E-state index in [1.807, 2.05) is 29.2 Å². The average Bonchev–Trinajstić information content (AvgIpc) is 3.20. The van der Waals surface area contributed by atoms with Crippen molar-refractivity contribution in [3.8, 4) is 6.07 Å². The minimum absolute atomic E-state index is 0.0960. The fraction of sp³-hybridized carbons (Fsp3) is 0.276. The van der Waals surface area contributed by atoms with Crippen molar-refractivity contribution in [3.05, 3.63) is 89.7 Å². The van der Waals surface area contributed by atoms with Crippen molar-refractivity contribution in [1.29, 1.82) is 5.26 Å². The van der Waals surface area contributed by atoms with Gasteiger partial charge in [0.2, 0.25) is 5.91 Å². The van der Waals surface area contributed by atoms with Gasteiger partial charge in [0.05, 0.1) is 18.2 Å². The highest BCUT2D eigenvalue weighted by Gasteiger charge is 2.45. The van der Waals surface area contributed by atoms with Crippen LogP contribution in [-0.2, 0) is 9.59 Å². The highest BCUT2D eigenvalue weighted by molar-refractivity contribution is 6.12. The molecule has 0 bridgehead atoms. The van der Waals surface area contributed by atoms with Crippen molar-refractivity contribution in [2.75, 3.05) is 21.7 Å². The summed E-state index contributed by atoms with van der Waals surface area (Å²) in [5.74, 6) is -0.990. The Kier molecular flexibility index (Phi) is 6.68. The molecular formula is C29H27FN4O2. The van der Waals surface area contributed by atoms with Gasteiger partial charge in [0, 0.05) is 28.7 Å². The number of nitrogens with zero attached hydrogens (tertiary/aromatic N) is 3. The summed E-state index contributed by atoms with van der Waals surface area (Å²) in [6, 6.07) is 21.5. The third-order valence-corrected chi connectivity index (χ3v) is 6.97. The van der Waals surface area contributed by atoms with E-state index in [-0.39, 0.29) is 24.4 Å². The van der Waals surface area contributed by atoms with Crippen LogP contribution in [0.15, 0.2) is 72.8 Å². The molecule has 1 fully saturated rings. The normalized spacial score (nSPS) is 17.4. The van der Waals surface area contributed by atoms with E-state index in [2.05, 4.69) is 11.4 Å². The Morgan fingerprint density at radius 3 is 2.50 bits per heavy atom. The monoisotopic (exact) mass is 482 g/mol. The number of carbonyl (C=O) groups excluding carboxylic acids is 2. The third-order valence-electron chi connectivity index (χ3n) is 6.97. The van der Waals surface area contributed by atoms with E-state index in [0.717, 1.165) is 36.9 Å². The Balaban J connectivity index is 1.49. The van der Waals surface area contributed by atoms with Crippen LogP contribution in [0.5, 0.6) is 0 Å². The number of carbonyl (C=O) groups is 2. The van der Waals surface area contributed by atoms with Gasteiger partial charge in [-0.2, -0.15) is 5.26 Å². The summed E-state index contributed by atoms with van der Waals surface area (Å²) >= 11 is 0. The summed E-state index contributed by atoms with van der Waals surface area (Å²) in [5.41, 5.74) is 3.10. The molecule has 3 aromatic rings. The van der Waals surface area contributed by atoms with E-state index in [1.54, 1.807) is 36.4 Å². The van der Waals surface area contributed by atoms with Crippen LogP contribution in [0.4, 0.5) is 21.5 Å². The lowest BCUT2D eigenvalue weighted by molar-refractivity contribution is -0.124. The molecule has 1 heterocycles. The lowest BCUT2D eigenvalue weighted by Crippen LogP contribution is -2.46. The SMILES string of the molecule is N#Cc1ccc(NCC(=O)N(c2cccc(F)c2)C2C(=O)N(C3CCCCC3)c3ccccc32)cc1. The van der Waals surface area contributed by atoms with Gasteiger partial charge in [-0.15, -0.1) is 0 Å². The van der Waals surface area contributed by atoms with Gasteiger partial charge in [-0.3, -0.25) is 14.5 Å². The number of para-hydroxylation sites is 1. The number of hydrogen-bond donors (Lipinski definition) is 1. The van der Waals surface area contributed by atoms with Crippen molar-refractivity contribution in [1.82, 2.24) is 0 Å². The Labute approximate surface area is 209 Å². The zero-order chi connectivity index (χ0) is 25.1. The molecule has 2 amide bonds. The number of rotatable bonds is 6. The Morgan fingerprint density at radius 1 is 1.03 bits per heavy atom. The summed E-state index contributed by atoms with van der Waals surface area (Å²) in [5, 5.41) is 12.1. The number of nitriles is 1. The number of halogens is 1. The minimum Gasteiger partial charge on any atom is -0.376 e. The molecule has 7 heteroatoms. The van der Waals surface area contributed by atoms with E-state index >= 15 is 0 Å². The molecule has 0 saturated heterocycles. The number of anilines is 3. The highest BCUT2D eigenvalue weighted by atomic mass is 19.1. The van der Waals surface area contributed by atoms with Crippen molar-refractivity contribution in [2.24, 2.45) is 0 Å². The second kappa shape index (κ2) is 10.2. The number of amides is 2. The fourth-order valence-electron chi connectivity index (χ4n) is 5.28. The van der Waals surface area contributed by atoms with Crippen molar-refractivity contribution in [3.63, 3.8) is 0 Å². The summed E-state index contributed by atoms with van der Waals surface area (Å²) in [6.45, 7) is -0.0994. The van der Waals surface area contributed by atoms with Gasteiger partial charge < -0.3 is 10.2 Å². The van der Waals surface area contributed by atoms with Crippen LogP contribution in [-0.4, -0.2) is 24.4 Å². The van der Waals surface area contributed by atoms with E-state index in [0.29, 0.717) is 16.9 Å². The van der Waals surface area contributed by atoms with Gasteiger partial charge in [0.25, 0.3) is 5.91 Å². The van der Waals surface area contributed by atoms with Gasteiger partial charge in [-0.1, -0.05) is 43.5 Å². The molecule has 1 unspecified atom stereocenters. The van der Waals surface area contributed by atoms with Crippen molar-refractivity contribution in [2.45, 2.75) is 44.2 Å². The van der Waals surface area contributed by atoms with Gasteiger partial charge in [-0.25, -0.2) is 4.39 Å². The predicted octanol–water partition coefficient (Wildman–Crippen LogP) is 5.56. The van der Waals surface area contributed by atoms with Gasteiger partial charge in [-0.05, 0) is 61.4 Å². The van der Waals surface area contributed by atoms with Crippen molar-refractivity contribution < 1.29 is 14.0 Å². The Morgan fingerprint density at radius 2 is 1.78 bits per heavy atom. The summed E-state index contributed by atoms with van der Waals surface area (Å²) < 4.78 is 14.3. The molecule has 0 spiro atoms. The minimum atomic E-state index is -0.875. The molecule has 1 saturated carbocycles. The smallest absolute Gasteiger partial charge is 0.255 e. The Bertz CT molecular complexity index is 1310. The van der Waals surface area contributed by atoms with Gasteiger partial charge in [0.1, 0.15) is 11.9 Å². The zero-order valence-corrected chi connectivity index (χ0v) is 19.9. The van der Waals surface area contributed by atoms with Crippen LogP contribution in [0.25, 0.3) is 0 Å². The van der Waals surface area contributed by atoms with Crippen molar-refractivity contribution >= 4 is 28.9 Å². The quantitative estimate of drug-likeness (QED) is 0.499. The van der Waals surface area contributed by atoms with Gasteiger partial charge in [0.15, 0.2) is 0 Å². The maximum absolute atomic E-state index is 14.3. The lowest BCUT2D eigenvalue weighted by atomic mass is 9.94. The number of fused-ring (bicyclic) bond motifs is 1. The predicted molar refractivity (Wildman–Crippen MR) is 137 cm³/mol. The first-order valence-corrected chi connectivity index (χ1v) is 12.3. The fourth-order valence-corrected chi connectivity index (χ4v) is 5.28. The third kappa shape index (κ3) is 4.55. The van der Waals surface area contributed by atoms with Crippen LogP contribution in [0, 0.1) is 17.1 Å². The molecule has 1 aliphatic heterocycles. The van der Waals surface area contributed by atoms with E-state index in [1.165, 1.54) is 23.5 Å². The largest absolute Gasteiger partial charge is 0.376 e. The zero-order valence-electron chi connectivity index (χ0n) is 19.9. The van der Waals surface area contributed by atoms with Crippen LogP contribution < -0.4 is 15.1 Å². The molecule has 2 aliphatic rings. The molecule has 3 aromatic carbocycles. The summed E-state index contributed by atoms with van der Waals surface area (Å²) in [4.78, 5) is 31.0. The molecular weight excluding hydrogens is 455 g/mol. The second-order valence-corrected chi connectivity index (χ2v) is 9.25. The highest BCUT2D eigenvalue weighted by Crippen LogP contribution is 2.44. The molecule has 6 nitrogen and oxygen atoms in total. The first-order chi connectivity index (χ1) is 17.6. The molecule has 1 N–H and O–H groups in total.